The van der Waals surface area contributed by atoms with Gasteiger partial charge in [0.05, 0.1) is 17.0 Å². The molecule has 1 fully saturated rings. The molecule has 1 N–H and O–H groups in total. The van der Waals surface area contributed by atoms with Crippen molar-refractivity contribution in [2.45, 2.75) is 19.0 Å². The molecule has 1 amide bonds. The average molecular weight is 296 g/mol. The van der Waals surface area contributed by atoms with Crippen molar-refractivity contribution in [2.75, 3.05) is 13.1 Å². The number of aromatic amines is 1. The van der Waals surface area contributed by atoms with Crippen molar-refractivity contribution in [1.29, 1.82) is 0 Å². The van der Waals surface area contributed by atoms with Crippen molar-refractivity contribution in [3.8, 4) is 0 Å². The average Bonchev–Trinajstić information content (AvgIpc) is 2.94. The molecule has 3 nitrogen and oxygen atoms in total. The van der Waals surface area contributed by atoms with Gasteiger partial charge in [-0.3, -0.25) is 4.79 Å². The number of para-hydroxylation sites is 1. The summed E-state index contributed by atoms with van der Waals surface area (Å²) in [5.41, 5.74) is 1.11. The second-order valence-corrected chi connectivity index (χ2v) is 5.38. The zero-order valence-corrected chi connectivity index (χ0v) is 11.3. The lowest BCUT2D eigenvalue weighted by Crippen LogP contribution is -2.44. The number of piperidine rings is 1. The summed E-state index contributed by atoms with van der Waals surface area (Å²) in [5.74, 6) is -1.75. The second kappa shape index (κ2) is 5.09. The fraction of sp³-hybridized carbons (Fsp3) is 0.400. The SMILES string of the molecule is O=C(c1cccc2cc[nH]c12)N1CCCC(C(F)(F)F)C1. The minimum Gasteiger partial charge on any atom is -0.361 e. The van der Waals surface area contributed by atoms with Crippen LogP contribution >= 0.6 is 0 Å². The predicted molar refractivity (Wildman–Crippen MR) is 73.0 cm³/mol. The van der Waals surface area contributed by atoms with Gasteiger partial charge in [-0.25, -0.2) is 0 Å². The van der Waals surface area contributed by atoms with Gasteiger partial charge in [0.15, 0.2) is 0 Å². The largest absolute Gasteiger partial charge is 0.393 e. The molecule has 2 aromatic rings. The summed E-state index contributed by atoms with van der Waals surface area (Å²) >= 11 is 0. The van der Waals surface area contributed by atoms with Gasteiger partial charge >= 0.3 is 6.18 Å². The number of likely N-dealkylation sites (tertiary alicyclic amines) is 1. The van der Waals surface area contributed by atoms with Gasteiger partial charge in [-0.2, -0.15) is 13.2 Å². The van der Waals surface area contributed by atoms with Gasteiger partial charge in [-0.1, -0.05) is 12.1 Å². The Morgan fingerprint density at radius 2 is 2.10 bits per heavy atom. The molecular formula is C15H15F3N2O. The highest BCUT2D eigenvalue weighted by atomic mass is 19.4. The Hall–Kier alpha value is -1.98. The van der Waals surface area contributed by atoms with Crippen LogP contribution in [0.4, 0.5) is 13.2 Å². The number of fused-ring (bicyclic) bond motifs is 1. The molecule has 0 aliphatic carbocycles. The fourth-order valence-electron chi connectivity index (χ4n) is 2.86. The first-order valence-electron chi connectivity index (χ1n) is 6.89. The van der Waals surface area contributed by atoms with Crippen molar-refractivity contribution in [2.24, 2.45) is 5.92 Å². The van der Waals surface area contributed by atoms with Crippen molar-refractivity contribution in [3.05, 3.63) is 36.0 Å². The molecule has 0 saturated carbocycles. The maximum Gasteiger partial charge on any atom is 0.393 e. The van der Waals surface area contributed by atoms with Crippen LogP contribution < -0.4 is 0 Å². The van der Waals surface area contributed by atoms with Crippen molar-refractivity contribution < 1.29 is 18.0 Å². The van der Waals surface area contributed by atoms with Crippen LogP contribution in [0.5, 0.6) is 0 Å². The molecule has 1 aromatic heterocycles. The number of nitrogens with one attached hydrogen (secondary N) is 1. The molecule has 0 radical (unpaired) electrons. The van der Waals surface area contributed by atoms with E-state index in [0.717, 1.165) is 5.39 Å². The van der Waals surface area contributed by atoms with Crippen molar-refractivity contribution >= 4 is 16.8 Å². The van der Waals surface area contributed by atoms with Crippen LogP contribution in [-0.4, -0.2) is 35.1 Å². The Labute approximate surface area is 119 Å². The minimum absolute atomic E-state index is 0.0972. The Balaban J connectivity index is 1.86. The molecular weight excluding hydrogens is 281 g/mol. The summed E-state index contributed by atoms with van der Waals surface area (Å²) in [4.78, 5) is 16.8. The van der Waals surface area contributed by atoms with Gasteiger partial charge in [0.25, 0.3) is 5.91 Å². The summed E-state index contributed by atoms with van der Waals surface area (Å²) in [7, 11) is 0. The smallest absolute Gasteiger partial charge is 0.361 e. The lowest BCUT2D eigenvalue weighted by Gasteiger charge is -2.33. The molecule has 0 bridgehead atoms. The molecule has 21 heavy (non-hydrogen) atoms. The number of hydrogen-bond acceptors (Lipinski definition) is 1. The monoisotopic (exact) mass is 296 g/mol. The maximum absolute atomic E-state index is 12.8. The molecule has 1 unspecified atom stereocenters. The number of H-pyrrole nitrogens is 1. The van der Waals surface area contributed by atoms with Crippen LogP contribution in [0.3, 0.4) is 0 Å². The van der Waals surface area contributed by atoms with E-state index in [0.29, 0.717) is 24.0 Å². The van der Waals surface area contributed by atoms with Gasteiger partial charge in [0.1, 0.15) is 0 Å². The third-order valence-corrected chi connectivity index (χ3v) is 3.99. The first-order chi connectivity index (χ1) is 9.97. The molecule has 2 heterocycles. The van der Waals surface area contributed by atoms with E-state index in [1.54, 1.807) is 18.3 Å². The molecule has 1 saturated heterocycles. The summed E-state index contributed by atoms with van der Waals surface area (Å²) in [6.45, 7) is 0.127. The van der Waals surface area contributed by atoms with E-state index in [1.807, 2.05) is 12.1 Å². The highest BCUT2D eigenvalue weighted by Crippen LogP contribution is 2.33. The van der Waals surface area contributed by atoms with Crippen LogP contribution in [0.25, 0.3) is 10.9 Å². The molecule has 1 atom stereocenters. The first-order valence-corrected chi connectivity index (χ1v) is 6.89. The number of benzene rings is 1. The standard InChI is InChI=1S/C15H15F3N2O/c16-15(17,18)11-4-2-8-20(9-11)14(21)12-5-1-3-10-6-7-19-13(10)12/h1,3,5-7,11,19H,2,4,8-9H2. The number of halogens is 3. The van der Waals surface area contributed by atoms with Crippen LogP contribution in [0.2, 0.25) is 0 Å². The van der Waals surface area contributed by atoms with E-state index >= 15 is 0 Å². The van der Waals surface area contributed by atoms with Crippen molar-refractivity contribution in [3.63, 3.8) is 0 Å². The summed E-state index contributed by atoms with van der Waals surface area (Å²) < 4.78 is 38.5. The number of carbonyl (C=O) groups excluding carboxylic acids is 1. The maximum atomic E-state index is 12.8. The summed E-state index contributed by atoms with van der Waals surface area (Å²) in [5, 5.41) is 0.880. The number of hydrogen-bond donors (Lipinski definition) is 1. The van der Waals surface area contributed by atoms with E-state index in [-0.39, 0.29) is 18.9 Å². The van der Waals surface area contributed by atoms with Gasteiger partial charge in [0, 0.05) is 24.7 Å². The Bertz CT molecular complexity index is 662. The highest BCUT2D eigenvalue weighted by Gasteiger charge is 2.42. The first kappa shape index (κ1) is 14.0. The zero-order chi connectivity index (χ0) is 15.0. The van der Waals surface area contributed by atoms with Crippen LogP contribution in [-0.2, 0) is 0 Å². The third-order valence-electron chi connectivity index (χ3n) is 3.99. The highest BCUT2D eigenvalue weighted by molar-refractivity contribution is 6.05. The molecule has 0 spiro atoms. The second-order valence-electron chi connectivity index (χ2n) is 5.38. The molecule has 6 heteroatoms. The van der Waals surface area contributed by atoms with Gasteiger partial charge in [-0.05, 0) is 25.0 Å². The summed E-state index contributed by atoms with van der Waals surface area (Å²) in [6.07, 6.45) is -2.04. The lowest BCUT2D eigenvalue weighted by atomic mass is 9.96. The molecule has 1 aromatic carbocycles. The Kier molecular flexibility index (Phi) is 3.39. The van der Waals surface area contributed by atoms with Gasteiger partial charge in [0.2, 0.25) is 0 Å². The van der Waals surface area contributed by atoms with Gasteiger partial charge < -0.3 is 9.88 Å². The van der Waals surface area contributed by atoms with Crippen LogP contribution in [0.1, 0.15) is 23.2 Å². The Morgan fingerprint density at radius 1 is 1.29 bits per heavy atom. The normalized spacial score (nSPS) is 20.0. The van der Waals surface area contributed by atoms with E-state index in [2.05, 4.69) is 4.98 Å². The molecule has 1 aliphatic heterocycles. The number of amides is 1. The quantitative estimate of drug-likeness (QED) is 0.858. The lowest BCUT2D eigenvalue weighted by molar-refractivity contribution is -0.184. The third kappa shape index (κ3) is 2.62. The fourth-order valence-corrected chi connectivity index (χ4v) is 2.86. The Morgan fingerprint density at radius 3 is 2.86 bits per heavy atom. The summed E-state index contributed by atoms with van der Waals surface area (Å²) in [6, 6.07) is 7.09. The van der Waals surface area contributed by atoms with Gasteiger partial charge in [-0.15, -0.1) is 0 Å². The number of rotatable bonds is 1. The van der Waals surface area contributed by atoms with Crippen LogP contribution in [0, 0.1) is 5.92 Å². The number of carbonyl (C=O) groups is 1. The van der Waals surface area contributed by atoms with E-state index in [1.165, 1.54) is 4.90 Å². The predicted octanol–water partition coefficient (Wildman–Crippen LogP) is 3.58. The molecule has 1 aliphatic rings. The van der Waals surface area contributed by atoms with E-state index < -0.39 is 12.1 Å². The van der Waals surface area contributed by atoms with E-state index in [4.69, 9.17) is 0 Å². The molecule has 112 valence electrons. The topological polar surface area (TPSA) is 36.1 Å². The number of nitrogens with zero attached hydrogens (tertiary/aromatic N) is 1. The van der Waals surface area contributed by atoms with E-state index in [9.17, 15) is 18.0 Å². The molecule has 3 rings (SSSR count). The van der Waals surface area contributed by atoms with Crippen molar-refractivity contribution in [1.82, 2.24) is 9.88 Å². The minimum atomic E-state index is -4.24. The number of aromatic nitrogens is 1. The zero-order valence-electron chi connectivity index (χ0n) is 11.3. The van der Waals surface area contributed by atoms with Crippen LogP contribution in [0.15, 0.2) is 30.5 Å². The number of alkyl halides is 3.